The Bertz CT molecular complexity index is 725. The summed E-state index contributed by atoms with van der Waals surface area (Å²) in [6.45, 7) is 0.537. The van der Waals surface area contributed by atoms with Gasteiger partial charge in [0.1, 0.15) is 11.6 Å². The Kier molecular flexibility index (Phi) is 7.02. The third kappa shape index (κ3) is 5.94. The van der Waals surface area contributed by atoms with Gasteiger partial charge < -0.3 is 15.4 Å². The Morgan fingerprint density at radius 3 is 2.63 bits per heavy atom. The fourth-order valence-electron chi connectivity index (χ4n) is 3.40. The maximum absolute atomic E-state index is 12.2. The first-order valence-electron chi connectivity index (χ1n) is 9.76. The Morgan fingerprint density at radius 2 is 1.93 bits per heavy atom. The first-order valence-corrected chi connectivity index (χ1v) is 9.76. The van der Waals surface area contributed by atoms with Gasteiger partial charge in [-0.15, -0.1) is 10.2 Å². The van der Waals surface area contributed by atoms with E-state index >= 15 is 0 Å². The Morgan fingerprint density at radius 1 is 1.11 bits per heavy atom. The number of ether oxygens (including phenoxy) is 1. The van der Waals surface area contributed by atoms with Crippen LogP contribution < -0.4 is 15.4 Å². The number of amides is 1. The molecule has 0 atom stereocenters. The van der Waals surface area contributed by atoms with Crippen LogP contribution in [0.1, 0.15) is 54.6 Å². The van der Waals surface area contributed by atoms with Crippen molar-refractivity contribution >= 4 is 11.7 Å². The molecule has 0 aliphatic heterocycles. The summed E-state index contributed by atoms with van der Waals surface area (Å²) in [4.78, 5) is 12.2. The van der Waals surface area contributed by atoms with E-state index in [9.17, 15) is 4.79 Å². The molecule has 1 aliphatic rings. The van der Waals surface area contributed by atoms with Crippen LogP contribution in [-0.2, 0) is 6.42 Å². The molecule has 0 bridgehead atoms. The highest BCUT2D eigenvalue weighted by atomic mass is 16.5. The summed E-state index contributed by atoms with van der Waals surface area (Å²) in [6.07, 6.45) is 8.25. The topological polar surface area (TPSA) is 76.1 Å². The zero-order chi connectivity index (χ0) is 18.9. The molecule has 1 amide bonds. The largest absolute Gasteiger partial charge is 0.497 e. The van der Waals surface area contributed by atoms with Crippen molar-refractivity contribution in [2.75, 3.05) is 19.0 Å². The minimum atomic E-state index is -0.202. The first-order chi connectivity index (χ1) is 13.2. The molecule has 1 aliphatic carbocycles. The van der Waals surface area contributed by atoms with Crippen LogP contribution in [0, 0.1) is 0 Å². The number of carbonyl (C=O) groups excluding carboxylic acids is 1. The molecule has 6 nitrogen and oxygen atoms in total. The number of hydrogen-bond donors (Lipinski definition) is 2. The Hall–Kier alpha value is -2.63. The van der Waals surface area contributed by atoms with E-state index in [4.69, 9.17) is 4.74 Å². The summed E-state index contributed by atoms with van der Waals surface area (Å²) < 4.78 is 5.21. The number of aromatic nitrogens is 2. The van der Waals surface area contributed by atoms with Gasteiger partial charge in [0.2, 0.25) is 0 Å². The van der Waals surface area contributed by atoms with Crippen molar-refractivity contribution in [1.29, 1.82) is 0 Å². The van der Waals surface area contributed by atoms with Crippen molar-refractivity contribution in [1.82, 2.24) is 15.5 Å². The van der Waals surface area contributed by atoms with E-state index in [1.807, 2.05) is 30.3 Å². The minimum absolute atomic E-state index is 0.202. The third-order valence-corrected chi connectivity index (χ3v) is 4.94. The molecule has 1 saturated carbocycles. The van der Waals surface area contributed by atoms with Crippen molar-refractivity contribution in [3.63, 3.8) is 0 Å². The second-order valence-corrected chi connectivity index (χ2v) is 6.99. The van der Waals surface area contributed by atoms with E-state index in [1.165, 1.54) is 38.5 Å². The van der Waals surface area contributed by atoms with Crippen molar-refractivity contribution in [3.8, 4) is 5.75 Å². The summed E-state index contributed by atoms with van der Waals surface area (Å²) in [6, 6.07) is 11.9. The van der Waals surface area contributed by atoms with Crippen LogP contribution >= 0.6 is 0 Å². The molecule has 2 N–H and O–H groups in total. The van der Waals surface area contributed by atoms with Crippen molar-refractivity contribution in [3.05, 3.63) is 47.7 Å². The highest BCUT2D eigenvalue weighted by Gasteiger charge is 2.13. The highest BCUT2D eigenvalue weighted by Crippen LogP contribution is 2.20. The molecule has 0 unspecified atom stereocenters. The molecule has 6 heteroatoms. The fraction of sp³-hybridized carbons (Fsp3) is 0.476. The number of rotatable bonds is 7. The molecule has 2 aromatic rings. The lowest BCUT2D eigenvalue weighted by molar-refractivity contribution is 0.0948. The van der Waals surface area contributed by atoms with E-state index in [-0.39, 0.29) is 5.91 Å². The lowest BCUT2D eigenvalue weighted by atomic mass is 10.1. The molecule has 3 rings (SSSR count). The lowest BCUT2D eigenvalue weighted by Gasteiger charge is -2.16. The van der Waals surface area contributed by atoms with Gasteiger partial charge in [0, 0.05) is 12.6 Å². The van der Waals surface area contributed by atoms with Gasteiger partial charge in [0.15, 0.2) is 5.69 Å². The standard InChI is InChI=1S/C21H28N4O2/c1-27-18-10-6-7-16(15-18)13-14-22-21(26)19-11-12-20(25-24-19)23-17-8-4-2-3-5-9-17/h6-7,10-12,15,17H,2-5,8-9,13-14H2,1H3,(H,22,26)(H,23,25). The summed E-state index contributed by atoms with van der Waals surface area (Å²) in [5, 5.41) is 14.6. The monoisotopic (exact) mass is 368 g/mol. The van der Waals surface area contributed by atoms with E-state index in [0.717, 1.165) is 23.6 Å². The molecule has 144 valence electrons. The van der Waals surface area contributed by atoms with Crippen molar-refractivity contribution < 1.29 is 9.53 Å². The summed E-state index contributed by atoms with van der Waals surface area (Å²) >= 11 is 0. The number of hydrogen-bond acceptors (Lipinski definition) is 5. The maximum atomic E-state index is 12.2. The average molecular weight is 368 g/mol. The zero-order valence-corrected chi connectivity index (χ0v) is 15.9. The second-order valence-electron chi connectivity index (χ2n) is 6.99. The maximum Gasteiger partial charge on any atom is 0.271 e. The first kappa shape index (κ1) is 19.1. The van der Waals surface area contributed by atoms with Gasteiger partial charge in [-0.1, -0.05) is 37.8 Å². The van der Waals surface area contributed by atoms with Gasteiger partial charge >= 0.3 is 0 Å². The molecule has 0 spiro atoms. The lowest BCUT2D eigenvalue weighted by Crippen LogP contribution is -2.27. The number of benzene rings is 1. The number of nitrogens with one attached hydrogen (secondary N) is 2. The fourth-order valence-corrected chi connectivity index (χ4v) is 3.40. The van der Waals surface area contributed by atoms with Gasteiger partial charge in [-0.25, -0.2) is 0 Å². The van der Waals surface area contributed by atoms with Gasteiger partial charge in [-0.05, 0) is 49.1 Å². The summed E-state index contributed by atoms with van der Waals surface area (Å²) in [7, 11) is 1.65. The molecule has 1 aromatic carbocycles. The van der Waals surface area contributed by atoms with Gasteiger partial charge in [0.05, 0.1) is 7.11 Å². The third-order valence-electron chi connectivity index (χ3n) is 4.94. The van der Waals surface area contributed by atoms with Gasteiger partial charge in [-0.2, -0.15) is 0 Å². The van der Waals surface area contributed by atoms with Crippen molar-refractivity contribution in [2.45, 2.75) is 51.0 Å². The van der Waals surface area contributed by atoms with E-state index in [1.54, 1.807) is 13.2 Å². The van der Waals surface area contributed by atoms with Gasteiger partial charge in [0.25, 0.3) is 5.91 Å². The minimum Gasteiger partial charge on any atom is -0.497 e. The molecular formula is C21H28N4O2. The molecule has 0 radical (unpaired) electrons. The number of anilines is 1. The average Bonchev–Trinajstić information content (AvgIpc) is 2.97. The Balaban J connectivity index is 1.46. The van der Waals surface area contributed by atoms with Crippen LogP contribution in [0.25, 0.3) is 0 Å². The molecule has 1 fully saturated rings. The second kappa shape index (κ2) is 9.90. The van der Waals surface area contributed by atoms with Crippen LogP contribution in [0.2, 0.25) is 0 Å². The van der Waals surface area contributed by atoms with E-state index < -0.39 is 0 Å². The predicted octanol–water partition coefficient (Wildman–Crippen LogP) is 3.59. The van der Waals surface area contributed by atoms with Gasteiger partial charge in [-0.3, -0.25) is 4.79 Å². The quantitative estimate of drug-likeness (QED) is 0.731. The number of methoxy groups -OCH3 is 1. The van der Waals surface area contributed by atoms with Crippen LogP contribution in [0.4, 0.5) is 5.82 Å². The van der Waals surface area contributed by atoms with Crippen molar-refractivity contribution in [2.24, 2.45) is 0 Å². The van der Waals surface area contributed by atoms with E-state index in [2.05, 4.69) is 20.8 Å². The summed E-state index contributed by atoms with van der Waals surface area (Å²) in [5.41, 5.74) is 1.45. The smallest absolute Gasteiger partial charge is 0.271 e. The summed E-state index contributed by atoms with van der Waals surface area (Å²) in [5.74, 6) is 1.36. The Labute approximate surface area is 160 Å². The number of carbonyl (C=O) groups is 1. The normalized spacial score (nSPS) is 15.0. The number of nitrogens with zero attached hydrogens (tertiary/aromatic N) is 2. The van der Waals surface area contributed by atoms with Crippen LogP contribution in [0.5, 0.6) is 5.75 Å². The van der Waals surface area contributed by atoms with Crippen LogP contribution in [-0.4, -0.2) is 35.8 Å². The molecule has 1 heterocycles. The van der Waals surface area contributed by atoms with Crippen LogP contribution in [0.3, 0.4) is 0 Å². The highest BCUT2D eigenvalue weighted by molar-refractivity contribution is 5.92. The SMILES string of the molecule is COc1cccc(CCNC(=O)c2ccc(NC3CCCCCC3)nn2)c1. The van der Waals surface area contributed by atoms with Crippen LogP contribution in [0.15, 0.2) is 36.4 Å². The predicted molar refractivity (Wildman–Crippen MR) is 106 cm³/mol. The van der Waals surface area contributed by atoms with E-state index in [0.29, 0.717) is 18.3 Å². The zero-order valence-electron chi connectivity index (χ0n) is 15.9. The molecule has 27 heavy (non-hydrogen) atoms. The molecular weight excluding hydrogens is 340 g/mol. The molecule has 1 aromatic heterocycles. The molecule has 0 saturated heterocycles.